The molecule has 1 atom stereocenters. The van der Waals surface area contributed by atoms with Crippen LogP contribution >= 0.6 is 0 Å². The molecule has 1 aliphatic heterocycles. The molecule has 5 heteroatoms. The lowest BCUT2D eigenvalue weighted by atomic mass is 10.1. The number of aliphatic hydroxyl groups excluding tert-OH is 1. The Bertz CT molecular complexity index is 670. The van der Waals surface area contributed by atoms with E-state index in [-0.39, 0.29) is 12.6 Å². The Morgan fingerprint density at radius 2 is 2.14 bits per heavy atom. The van der Waals surface area contributed by atoms with Crippen molar-refractivity contribution in [3.8, 4) is 11.8 Å². The molecule has 21 heavy (non-hydrogen) atoms. The van der Waals surface area contributed by atoms with Crippen LogP contribution < -0.4 is 0 Å². The van der Waals surface area contributed by atoms with E-state index in [0.717, 1.165) is 30.4 Å². The summed E-state index contributed by atoms with van der Waals surface area (Å²) in [5.41, 5.74) is 1.55. The summed E-state index contributed by atoms with van der Waals surface area (Å²) in [6, 6.07) is 5.03. The maximum absolute atomic E-state index is 12.7. The van der Waals surface area contributed by atoms with Crippen LogP contribution in [0.3, 0.4) is 0 Å². The minimum atomic E-state index is -3.44. The second-order valence-corrected chi connectivity index (χ2v) is 7.29. The van der Waals surface area contributed by atoms with Crippen LogP contribution in [0.25, 0.3) is 0 Å². The largest absolute Gasteiger partial charge is 0.384 e. The van der Waals surface area contributed by atoms with Crippen LogP contribution in [-0.4, -0.2) is 37.0 Å². The zero-order valence-corrected chi connectivity index (χ0v) is 13.3. The van der Waals surface area contributed by atoms with Crippen molar-refractivity contribution in [1.82, 2.24) is 4.31 Å². The maximum atomic E-state index is 12.7. The molecule has 1 heterocycles. The van der Waals surface area contributed by atoms with E-state index in [2.05, 4.69) is 11.8 Å². The van der Waals surface area contributed by atoms with E-state index in [1.165, 1.54) is 0 Å². The number of sulfonamides is 1. The Morgan fingerprint density at radius 3 is 2.76 bits per heavy atom. The third kappa shape index (κ3) is 3.46. The number of aliphatic hydroxyl groups is 1. The fourth-order valence-corrected chi connectivity index (χ4v) is 4.42. The Balaban J connectivity index is 2.34. The van der Waals surface area contributed by atoms with E-state index in [9.17, 15) is 8.42 Å². The topological polar surface area (TPSA) is 57.6 Å². The van der Waals surface area contributed by atoms with Crippen LogP contribution in [0.2, 0.25) is 0 Å². The molecular weight excluding hydrogens is 286 g/mol. The molecule has 1 saturated heterocycles. The lowest BCUT2D eigenvalue weighted by Crippen LogP contribution is -2.41. The highest BCUT2D eigenvalue weighted by Gasteiger charge is 2.30. The Morgan fingerprint density at radius 1 is 1.38 bits per heavy atom. The van der Waals surface area contributed by atoms with Crippen LogP contribution in [-0.2, 0) is 10.0 Å². The molecule has 0 spiro atoms. The van der Waals surface area contributed by atoms with Crippen molar-refractivity contribution in [1.29, 1.82) is 0 Å². The van der Waals surface area contributed by atoms with Gasteiger partial charge in [0.15, 0.2) is 0 Å². The van der Waals surface area contributed by atoms with Gasteiger partial charge in [0.25, 0.3) is 0 Å². The SMILES string of the molecule is Cc1cc(S(=O)(=O)N2CCCCC2C)ccc1C#CCO. The minimum absolute atomic E-state index is 0.0536. The van der Waals surface area contributed by atoms with Crippen LogP contribution in [0.5, 0.6) is 0 Å². The maximum Gasteiger partial charge on any atom is 0.243 e. The minimum Gasteiger partial charge on any atom is -0.384 e. The molecule has 4 nitrogen and oxygen atoms in total. The summed E-state index contributed by atoms with van der Waals surface area (Å²) in [7, 11) is -3.44. The Labute approximate surface area is 126 Å². The predicted octanol–water partition coefficient (Wildman–Crippen LogP) is 1.90. The van der Waals surface area contributed by atoms with Gasteiger partial charge in [-0.2, -0.15) is 4.31 Å². The lowest BCUT2D eigenvalue weighted by molar-refractivity contribution is 0.268. The van der Waals surface area contributed by atoms with Crippen LogP contribution in [0, 0.1) is 18.8 Å². The summed E-state index contributed by atoms with van der Waals surface area (Å²) in [6.45, 7) is 4.18. The van der Waals surface area contributed by atoms with Crippen molar-refractivity contribution in [2.45, 2.75) is 44.0 Å². The van der Waals surface area contributed by atoms with Gasteiger partial charge < -0.3 is 5.11 Å². The van der Waals surface area contributed by atoms with Crippen LogP contribution in [0.15, 0.2) is 23.1 Å². The number of hydrogen-bond acceptors (Lipinski definition) is 3. The van der Waals surface area contributed by atoms with Crippen molar-refractivity contribution in [3.05, 3.63) is 29.3 Å². The number of piperidine rings is 1. The van der Waals surface area contributed by atoms with Crippen molar-refractivity contribution in [3.63, 3.8) is 0 Å². The fraction of sp³-hybridized carbons (Fsp3) is 0.500. The molecule has 0 aliphatic carbocycles. The molecule has 114 valence electrons. The molecule has 1 aliphatic rings. The molecule has 0 saturated carbocycles. The molecule has 0 bridgehead atoms. The van der Waals surface area contributed by atoms with Gasteiger partial charge in [-0.15, -0.1) is 0 Å². The third-order valence-electron chi connectivity index (χ3n) is 3.85. The average Bonchev–Trinajstić information content (AvgIpc) is 2.46. The van der Waals surface area contributed by atoms with Gasteiger partial charge in [-0.05, 0) is 50.5 Å². The second-order valence-electron chi connectivity index (χ2n) is 5.40. The summed E-state index contributed by atoms with van der Waals surface area (Å²) in [5, 5.41) is 8.73. The molecule has 1 aromatic rings. The number of rotatable bonds is 2. The highest BCUT2D eigenvalue weighted by Crippen LogP contribution is 2.26. The third-order valence-corrected chi connectivity index (χ3v) is 5.86. The average molecular weight is 307 g/mol. The molecule has 0 radical (unpaired) electrons. The summed E-state index contributed by atoms with van der Waals surface area (Å²) >= 11 is 0. The van der Waals surface area contributed by atoms with Gasteiger partial charge in [-0.1, -0.05) is 18.3 Å². The quantitative estimate of drug-likeness (QED) is 0.849. The monoisotopic (exact) mass is 307 g/mol. The molecule has 1 aromatic carbocycles. The standard InChI is InChI=1S/C16H21NO3S/c1-13-12-16(9-8-15(13)7-5-11-18)21(19,20)17-10-4-3-6-14(17)2/h8-9,12,14,18H,3-4,6,10-11H2,1-2H3. The number of nitrogens with zero attached hydrogens (tertiary/aromatic N) is 1. The van der Waals surface area contributed by atoms with E-state index in [1.807, 2.05) is 13.8 Å². The fourth-order valence-electron chi connectivity index (χ4n) is 2.64. The molecule has 2 rings (SSSR count). The van der Waals surface area contributed by atoms with Crippen LogP contribution in [0.4, 0.5) is 0 Å². The van der Waals surface area contributed by atoms with Crippen LogP contribution in [0.1, 0.15) is 37.3 Å². The smallest absolute Gasteiger partial charge is 0.243 e. The van der Waals surface area contributed by atoms with E-state index < -0.39 is 10.0 Å². The van der Waals surface area contributed by atoms with E-state index in [0.29, 0.717) is 11.4 Å². The zero-order chi connectivity index (χ0) is 15.5. The van der Waals surface area contributed by atoms with Gasteiger partial charge in [0.05, 0.1) is 4.90 Å². The summed E-state index contributed by atoms with van der Waals surface area (Å²) in [5.74, 6) is 5.40. The number of hydrogen-bond donors (Lipinski definition) is 1. The number of benzene rings is 1. The molecule has 1 fully saturated rings. The van der Waals surface area contributed by atoms with Crippen molar-refractivity contribution in [2.75, 3.05) is 13.2 Å². The highest BCUT2D eigenvalue weighted by molar-refractivity contribution is 7.89. The van der Waals surface area contributed by atoms with E-state index in [4.69, 9.17) is 5.11 Å². The van der Waals surface area contributed by atoms with Crippen molar-refractivity contribution < 1.29 is 13.5 Å². The van der Waals surface area contributed by atoms with E-state index >= 15 is 0 Å². The first-order valence-corrected chi connectivity index (χ1v) is 8.63. The first-order chi connectivity index (χ1) is 9.96. The lowest BCUT2D eigenvalue weighted by Gasteiger charge is -2.32. The first kappa shape index (κ1) is 16.0. The number of aryl methyl sites for hydroxylation is 1. The van der Waals surface area contributed by atoms with E-state index in [1.54, 1.807) is 22.5 Å². The molecular formula is C16H21NO3S. The van der Waals surface area contributed by atoms with Gasteiger partial charge in [0.2, 0.25) is 10.0 Å². The van der Waals surface area contributed by atoms with Crippen molar-refractivity contribution >= 4 is 10.0 Å². The first-order valence-electron chi connectivity index (χ1n) is 7.19. The molecule has 1 unspecified atom stereocenters. The van der Waals surface area contributed by atoms with Gasteiger partial charge in [0.1, 0.15) is 6.61 Å². The predicted molar refractivity (Wildman–Crippen MR) is 82.3 cm³/mol. The Hall–Kier alpha value is -1.35. The van der Waals surface area contributed by atoms with Crippen molar-refractivity contribution in [2.24, 2.45) is 0 Å². The normalized spacial score (nSPS) is 19.9. The molecule has 0 aromatic heterocycles. The summed E-state index contributed by atoms with van der Waals surface area (Å²) in [6.07, 6.45) is 2.92. The van der Waals surface area contributed by atoms with Gasteiger partial charge in [-0.25, -0.2) is 8.42 Å². The van der Waals surface area contributed by atoms with Gasteiger partial charge >= 0.3 is 0 Å². The summed E-state index contributed by atoms with van der Waals surface area (Å²) in [4.78, 5) is 0.322. The second kappa shape index (κ2) is 6.61. The summed E-state index contributed by atoms with van der Waals surface area (Å²) < 4.78 is 27.1. The molecule has 0 amide bonds. The zero-order valence-electron chi connectivity index (χ0n) is 12.5. The van der Waals surface area contributed by atoms with Gasteiger partial charge in [-0.3, -0.25) is 0 Å². The highest BCUT2D eigenvalue weighted by atomic mass is 32.2. The molecule has 1 N–H and O–H groups in total. The van der Waals surface area contributed by atoms with Gasteiger partial charge in [0, 0.05) is 18.2 Å². The Kier molecular flexibility index (Phi) is 5.04.